The van der Waals surface area contributed by atoms with Gasteiger partial charge < -0.3 is 14.8 Å². The normalized spacial score (nSPS) is 35.3. The van der Waals surface area contributed by atoms with E-state index in [1.54, 1.807) is 0 Å². The molecule has 0 bridgehead atoms. The zero-order valence-corrected chi connectivity index (χ0v) is 11.2. The summed E-state index contributed by atoms with van der Waals surface area (Å²) in [6.45, 7) is 6.30. The Kier molecular flexibility index (Phi) is 4.79. The lowest BCUT2D eigenvalue weighted by atomic mass is 9.82. The highest BCUT2D eigenvalue weighted by atomic mass is 16.5. The fourth-order valence-electron chi connectivity index (χ4n) is 3.21. The summed E-state index contributed by atoms with van der Waals surface area (Å²) in [4.78, 5) is 2.54. The summed E-state index contributed by atoms with van der Waals surface area (Å²) in [5, 5.41) is 3.34. The number of nitrogens with one attached hydrogen (secondary N) is 1. The van der Waals surface area contributed by atoms with Crippen LogP contribution in [0.2, 0.25) is 0 Å². The summed E-state index contributed by atoms with van der Waals surface area (Å²) in [6.07, 6.45) is 4.09. The van der Waals surface area contributed by atoms with Crippen molar-refractivity contribution in [2.45, 2.75) is 25.4 Å². The first-order chi connectivity index (χ1) is 8.28. The van der Waals surface area contributed by atoms with E-state index in [-0.39, 0.29) is 0 Å². The van der Waals surface area contributed by atoms with Crippen LogP contribution in [0.4, 0.5) is 0 Å². The molecule has 2 unspecified atom stereocenters. The predicted octanol–water partition coefficient (Wildman–Crippen LogP) is 0.723. The van der Waals surface area contributed by atoms with Gasteiger partial charge in [0.25, 0.3) is 0 Å². The average molecular weight is 242 g/mol. The van der Waals surface area contributed by atoms with Crippen LogP contribution in [-0.2, 0) is 9.47 Å². The molecule has 4 heteroatoms. The van der Waals surface area contributed by atoms with Gasteiger partial charge in [-0.05, 0) is 26.3 Å². The third-order valence-corrected chi connectivity index (χ3v) is 4.08. The zero-order valence-electron chi connectivity index (χ0n) is 11.2. The van der Waals surface area contributed by atoms with Gasteiger partial charge in [-0.2, -0.15) is 0 Å². The van der Waals surface area contributed by atoms with E-state index in [9.17, 15) is 0 Å². The Morgan fingerprint density at radius 1 is 1.53 bits per heavy atom. The van der Waals surface area contributed by atoms with Gasteiger partial charge in [-0.1, -0.05) is 0 Å². The predicted molar refractivity (Wildman–Crippen MR) is 68.3 cm³/mol. The fourth-order valence-corrected chi connectivity index (χ4v) is 3.21. The molecular formula is C13H26N2O2. The molecule has 17 heavy (non-hydrogen) atoms. The first-order valence-electron chi connectivity index (χ1n) is 6.75. The van der Waals surface area contributed by atoms with E-state index in [0.29, 0.717) is 11.5 Å². The fraction of sp³-hybridized carbons (Fsp3) is 1.00. The number of methoxy groups -OCH3 is 1. The number of likely N-dealkylation sites (tertiary alicyclic amines) is 1. The Balaban J connectivity index is 1.88. The van der Waals surface area contributed by atoms with Crippen LogP contribution >= 0.6 is 0 Å². The van der Waals surface area contributed by atoms with Crippen molar-refractivity contribution in [3.05, 3.63) is 0 Å². The van der Waals surface area contributed by atoms with Crippen molar-refractivity contribution in [1.29, 1.82) is 0 Å². The van der Waals surface area contributed by atoms with Crippen molar-refractivity contribution >= 4 is 0 Å². The van der Waals surface area contributed by atoms with E-state index in [0.717, 1.165) is 32.8 Å². The molecule has 0 aromatic carbocycles. The molecule has 0 aliphatic carbocycles. The maximum Gasteiger partial charge on any atom is 0.0710 e. The SMILES string of the molecule is CNCC1(CN2CCC(OC)C2)CCCOC1. The summed E-state index contributed by atoms with van der Waals surface area (Å²) in [6, 6.07) is 0. The summed E-state index contributed by atoms with van der Waals surface area (Å²) in [7, 11) is 3.86. The molecule has 0 saturated carbocycles. The summed E-state index contributed by atoms with van der Waals surface area (Å²) in [5.41, 5.74) is 0.315. The van der Waals surface area contributed by atoms with Gasteiger partial charge in [0.1, 0.15) is 0 Å². The van der Waals surface area contributed by atoms with Crippen LogP contribution in [0.25, 0.3) is 0 Å². The van der Waals surface area contributed by atoms with Crippen molar-refractivity contribution in [1.82, 2.24) is 10.2 Å². The maximum absolute atomic E-state index is 5.70. The Morgan fingerprint density at radius 2 is 2.41 bits per heavy atom. The minimum atomic E-state index is 0.315. The molecule has 2 aliphatic rings. The van der Waals surface area contributed by atoms with Gasteiger partial charge in [-0.3, -0.25) is 4.90 Å². The Labute approximate surface area is 105 Å². The van der Waals surface area contributed by atoms with Crippen LogP contribution in [0.5, 0.6) is 0 Å². The van der Waals surface area contributed by atoms with Crippen molar-refractivity contribution in [3.63, 3.8) is 0 Å². The molecule has 2 atom stereocenters. The molecule has 2 fully saturated rings. The topological polar surface area (TPSA) is 33.7 Å². The average Bonchev–Trinajstić information content (AvgIpc) is 2.78. The molecular weight excluding hydrogens is 216 g/mol. The quantitative estimate of drug-likeness (QED) is 0.770. The molecule has 0 amide bonds. The maximum atomic E-state index is 5.70. The molecule has 0 radical (unpaired) electrons. The van der Waals surface area contributed by atoms with Crippen molar-refractivity contribution in [2.75, 3.05) is 53.6 Å². The molecule has 0 spiro atoms. The molecule has 1 N–H and O–H groups in total. The van der Waals surface area contributed by atoms with E-state index in [2.05, 4.69) is 10.2 Å². The van der Waals surface area contributed by atoms with Gasteiger partial charge in [0.2, 0.25) is 0 Å². The number of ether oxygens (including phenoxy) is 2. The zero-order chi connectivity index (χ0) is 12.1. The molecule has 2 heterocycles. The molecule has 0 aromatic heterocycles. The van der Waals surface area contributed by atoms with Gasteiger partial charge in [-0.15, -0.1) is 0 Å². The monoisotopic (exact) mass is 242 g/mol. The van der Waals surface area contributed by atoms with Gasteiger partial charge >= 0.3 is 0 Å². The molecule has 0 aromatic rings. The van der Waals surface area contributed by atoms with E-state index in [4.69, 9.17) is 9.47 Å². The summed E-state index contributed by atoms with van der Waals surface area (Å²) >= 11 is 0. The highest BCUT2D eigenvalue weighted by Gasteiger charge is 2.36. The molecule has 4 nitrogen and oxygen atoms in total. The van der Waals surface area contributed by atoms with Gasteiger partial charge in [0, 0.05) is 45.3 Å². The van der Waals surface area contributed by atoms with Crippen molar-refractivity contribution < 1.29 is 9.47 Å². The highest BCUT2D eigenvalue weighted by Crippen LogP contribution is 2.30. The van der Waals surface area contributed by atoms with Gasteiger partial charge in [-0.25, -0.2) is 0 Å². The Hall–Kier alpha value is -0.160. The smallest absolute Gasteiger partial charge is 0.0710 e. The Bertz CT molecular complexity index is 224. The summed E-state index contributed by atoms with van der Waals surface area (Å²) < 4.78 is 11.1. The standard InChI is InChI=1S/C13H26N2O2/c1-14-9-13(5-3-7-17-11-13)10-15-6-4-12(8-15)16-2/h12,14H,3-11H2,1-2H3. The lowest BCUT2D eigenvalue weighted by molar-refractivity contribution is -0.0241. The van der Waals surface area contributed by atoms with Crippen LogP contribution in [0, 0.1) is 5.41 Å². The van der Waals surface area contributed by atoms with Crippen LogP contribution in [0.1, 0.15) is 19.3 Å². The molecule has 100 valence electrons. The van der Waals surface area contributed by atoms with Crippen LogP contribution in [0.3, 0.4) is 0 Å². The third kappa shape index (κ3) is 3.41. The number of nitrogens with zero attached hydrogens (tertiary/aromatic N) is 1. The first-order valence-corrected chi connectivity index (χ1v) is 6.75. The molecule has 2 aliphatic heterocycles. The second-order valence-corrected chi connectivity index (χ2v) is 5.57. The lowest BCUT2D eigenvalue weighted by Crippen LogP contribution is -2.48. The van der Waals surface area contributed by atoms with E-state index >= 15 is 0 Å². The first kappa shape index (κ1) is 13.3. The highest BCUT2D eigenvalue weighted by molar-refractivity contribution is 4.89. The second kappa shape index (κ2) is 6.14. The third-order valence-electron chi connectivity index (χ3n) is 4.08. The second-order valence-electron chi connectivity index (χ2n) is 5.57. The van der Waals surface area contributed by atoms with E-state index < -0.39 is 0 Å². The van der Waals surface area contributed by atoms with E-state index in [1.807, 2.05) is 14.2 Å². The Morgan fingerprint density at radius 3 is 3.00 bits per heavy atom. The largest absolute Gasteiger partial charge is 0.381 e. The number of hydrogen-bond acceptors (Lipinski definition) is 4. The molecule has 2 saturated heterocycles. The minimum absolute atomic E-state index is 0.315. The van der Waals surface area contributed by atoms with Crippen LogP contribution in [-0.4, -0.2) is 64.6 Å². The number of rotatable bonds is 5. The molecule has 2 rings (SSSR count). The van der Waals surface area contributed by atoms with Crippen molar-refractivity contribution in [3.8, 4) is 0 Å². The lowest BCUT2D eigenvalue weighted by Gasteiger charge is -2.39. The van der Waals surface area contributed by atoms with Gasteiger partial charge in [0.05, 0.1) is 12.7 Å². The number of hydrogen-bond donors (Lipinski definition) is 1. The van der Waals surface area contributed by atoms with Crippen LogP contribution in [0.15, 0.2) is 0 Å². The van der Waals surface area contributed by atoms with Crippen LogP contribution < -0.4 is 5.32 Å². The van der Waals surface area contributed by atoms with E-state index in [1.165, 1.54) is 25.8 Å². The van der Waals surface area contributed by atoms with Gasteiger partial charge in [0.15, 0.2) is 0 Å². The summed E-state index contributed by atoms with van der Waals surface area (Å²) in [5.74, 6) is 0. The minimum Gasteiger partial charge on any atom is -0.381 e. The van der Waals surface area contributed by atoms with Crippen molar-refractivity contribution in [2.24, 2.45) is 5.41 Å².